The van der Waals surface area contributed by atoms with Gasteiger partial charge in [-0.05, 0) is 75.4 Å². The zero-order valence-corrected chi connectivity index (χ0v) is 16.8. The Balaban J connectivity index is 0.00000243. The van der Waals surface area contributed by atoms with E-state index in [0.717, 1.165) is 25.1 Å². The minimum atomic E-state index is -3.19. The van der Waals surface area contributed by atoms with E-state index in [1.807, 2.05) is 6.92 Å². The van der Waals surface area contributed by atoms with Crippen LogP contribution in [0.15, 0.2) is 18.2 Å². The van der Waals surface area contributed by atoms with Gasteiger partial charge in [0.15, 0.2) is 0 Å². The second-order valence-corrected chi connectivity index (χ2v) is 9.01. The van der Waals surface area contributed by atoms with Crippen molar-refractivity contribution in [3.05, 3.63) is 29.3 Å². The number of halogens is 1. The predicted octanol–water partition coefficient (Wildman–Crippen LogP) is 2.08. The van der Waals surface area contributed by atoms with Crippen LogP contribution < -0.4 is 14.9 Å². The van der Waals surface area contributed by atoms with Gasteiger partial charge in [0, 0.05) is 18.7 Å². The van der Waals surface area contributed by atoms with Crippen LogP contribution in [0.4, 0.5) is 5.69 Å². The zero-order valence-electron chi connectivity index (χ0n) is 15.2. The molecule has 146 valence electrons. The largest absolute Gasteiger partial charge is 0.352 e. The summed E-state index contributed by atoms with van der Waals surface area (Å²) in [7, 11) is -3.19. The zero-order chi connectivity index (χ0) is 17.9. The summed E-state index contributed by atoms with van der Waals surface area (Å²) in [4.78, 5) is 12.4. The van der Waals surface area contributed by atoms with E-state index < -0.39 is 10.0 Å². The van der Waals surface area contributed by atoms with Crippen LogP contribution in [0.3, 0.4) is 0 Å². The summed E-state index contributed by atoms with van der Waals surface area (Å²) in [6.45, 7) is 5.18. The number of hydrogen-bond acceptors (Lipinski definition) is 4. The average molecular weight is 402 g/mol. The molecule has 2 aliphatic rings. The molecule has 0 aliphatic carbocycles. The van der Waals surface area contributed by atoms with Gasteiger partial charge in [0.25, 0.3) is 5.91 Å². The van der Waals surface area contributed by atoms with Crippen molar-refractivity contribution in [3.8, 4) is 0 Å². The first-order valence-electron chi connectivity index (χ1n) is 9.07. The Kier molecular flexibility index (Phi) is 7.32. The fraction of sp³-hybridized carbons (Fsp3) is 0.611. The summed E-state index contributed by atoms with van der Waals surface area (Å²) in [6.07, 6.45) is 4.07. The molecule has 2 saturated heterocycles. The lowest BCUT2D eigenvalue weighted by Gasteiger charge is -2.22. The van der Waals surface area contributed by atoms with Gasteiger partial charge in [-0.25, -0.2) is 8.42 Å². The first-order valence-corrected chi connectivity index (χ1v) is 10.7. The van der Waals surface area contributed by atoms with E-state index in [-0.39, 0.29) is 24.1 Å². The van der Waals surface area contributed by atoms with Crippen molar-refractivity contribution in [1.29, 1.82) is 0 Å². The van der Waals surface area contributed by atoms with Gasteiger partial charge < -0.3 is 10.6 Å². The van der Waals surface area contributed by atoms with Crippen LogP contribution in [-0.2, 0) is 10.0 Å². The van der Waals surface area contributed by atoms with Gasteiger partial charge in [0.1, 0.15) is 0 Å². The van der Waals surface area contributed by atoms with Crippen molar-refractivity contribution in [3.63, 3.8) is 0 Å². The molecule has 1 aromatic carbocycles. The van der Waals surface area contributed by atoms with Crippen molar-refractivity contribution < 1.29 is 13.2 Å². The van der Waals surface area contributed by atoms with Crippen molar-refractivity contribution in [1.82, 2.24) is 10.6 Å². The molecule has 1 atom stereocenters. The van der Waals surface area contributed by atoms with Gasteiger partial charge in [-0.3, -0.25) is 9.10 Å². The van der Waals surface area contributed by atoms with Crippen LogP contribution in [0, 0.1) is 12.8 Å². The number of anilines is 1. The third kappa shape index (κ3) is 4.90. The number of nitrogens with zero attached hydrogens (tertiary/aromatic N) is 1. The second kappa shape index (κ2) is 9.06. The molecule has 3 rings (SSSR count). The summed E-state index contributed by atoms with van der Waals surface area (Å²) < 4.78 is 25.5. The number of nitrogens with one attached hydrogen (secondary N) is 2. The van der Waals surface area contributed by atoms with Crippen molar-refractivity contribution in [2.24, 2.45) is 5.92 Å². The van der Waals surface area contributed by atoms with E-state index in [9.17, 15) is 13.2 Å². The predicted molar refractivity (Wildman–Crippen MR) is 107 cm³/mol. The number of piperidine rings is 1. The van der Waals surface area contributed by atoms with Crippen molar-refractivity contribution in [2.45, 2.75) is 32.6 Å². The number of sulfonamides is 1. The molecule has 8 heteroatoms. The summed E-state index contributed by atoms with van der Waals surface area (Å²) >= 11 is 0. The lowest BCUT2D eigenvalue weighted by Crippen LogP contribution is -2.33. The molecule has 0 spiro atoms. The maximum absolute atomic E-state index is 12.4. The molecule has 2 heterocycles. The molecule has 0 radical (unpaired) electrons. The molecule has 0 aromatic heterocycles. The highest BCUT2D eigenvalue weighted by molar-refractivity contribution is 7.93. The van der Waals surface area contributed by atoms with E-state index >= 15 is 0 Å². The SMILES string of the molecule is Cc1cc(N2CCCS2(=O)=O)ccc1C(=O)NCCC1CCCNC1.Cl. The third-order valence-electron chi connectivity index (χ3n) is 5.08. The van der Waals surface area contributed by atoms with Crippen LogP contribution in [-0.4, -0.2) is 46.3 Å². The van der Waals surface area contributed by atoms with Gasteiger partial charge in [0.2, 0.25) is 10.0 Å². The molecule has 6 nitrogen and oxygen atoms in total. The van der Waals surface area contributed by atoms with Crippen LogP contribution in [0.25, 0.3) is 0 Å². The number of carbonyl (C=O) groups excluding carboxylic acids is 1. The normalized spacial score (nSPS) is 21.9. The number of hydrogen-bond donors (Lipinski definition) is 2. The molecule has 2 fully saturated rings. The molecular weight excluding hydrogens is 374 g/mol. The molecule has 1 aromatic rings. The number of amides is 1. The summed E-state index contributed by atoms with van der Waals surface area (Å²) in [5.41, 5.74) is 2.07. The lowest BCUT2D eigenvalue weighted by molar-refractivity contribution is 0.0950. The third-order valence-corrected chi connectivity index (χ3v) is 6.95. The van der Waals surface area contributed by atoms with Crippen LogP contribution in [0.2, 0.25) is 0 Å². The lowest BCUT2D eigenvalue weighted by atomic mass is 9.96. The number of rotatable bonds is 5. The van der Waals surface area contributed by atoms with E-state index in [1.165, 1.54) is 17.1 Å². The quantitative estimate of drug-likeness (QED) is 0.791. The topological polar surface area (TPSA) is 78.5 Å². The summed E-state index contributed by atoms with van der Waals surface area (Å²) in [6, 6.07) is 5.26. The fourth-order valence-corrected chi connectivity index (χ4v) is 5.20. The van der Waals surface area contributed by atoms with Crippen LogP contribution >= 0.6 is 12.4 Å². The molecule has 0 bridgehead atoms. The van der Waals surface area contributed by atoms with Crippen molar-refractivity contribution in [2.75, 3.05) is 36.2 Å². The fourth-order valence-electron chi connectivity index (χ4n) is 3.64. The first-order chi connectivity index (χ1) is 12.0. The summed E-state index contributed by atoms with van der Waals surface area (Å²) in [5, 5.41) is 6.38. The highest BCUT2D eigenvalue weighted by Crippen LogP contribution is 2.26. The Hall–Kier alpha value is -1.31. The van der Waals surface area contributed by atoms with Crippen LogP contribution in [0.5, 0.6) is 0 Å². The Labute approximate surface area is 162 Å². The Morgan fingerprint density at radius 3 is 2.77 bits per heavy atom. The monoisotopic (exact) mass is 401 g/mol. The first kappa shape index (κ1) is 21.0. The molecule has 0 saturated carbocycles. The Morgan fingerprint density at radius 1 is 1.35 bits per heavy atom. The van der Waals surface area contributed by atoms with Gasteiger partial charge in [0.05, 0.1) is 11.4 Å². The average Bonchev–Trinajstić information content (AvgIpc) is 2.95. The Morgan fingerprint density at radius 2 is 2.15 bits per heavy atom. The van der Waals surface area contributed by atoms with E-state index in [2.05, 4.69) is 10.6 Å². The maximum Gasteiger partial charge on any atom is 0.251 e. The number of aryl methyl sites for hydroxylation is 1. The van der Waals surface area contributed by atoms with Gasteiger partial charge in [-0.1, -0.05) is 0 Å². The minimum absolute atomic E-state index is 0. The van der Waals surface area contributed by atoms with Crippen molar-refractivity contribution >= 4 is 34.0 Å². The highest BCUT2D eigenvalue weighted by Gasteiger charge is 2.28. The number of benzene rings is 1. The minimum Gasteiger partial charge on any atom is -0.352 e. The van der Waals surface area contributed by atoms with Crippen LogP contribution in [0.1, 0.15) is 41.6 Å². The molecule has 2 N–H and O–H groups in total. The highest BCUT2D eigenvalue weighted by atomic mass is 35.5. The number of carbonyl (C=O) groups is 1. The molecular formula is C18H28ClN3O3S. The van der Waals surface area contributed by atoms with E-state index in [4.69, 9.17) is 0 Å². The molecule has 2 aliphatic heterocycles. The molecule has 26 heavy (non-hydrogen) atoms. The Bertz CT molecular complexity index is 733. The van der Waals surface area contributed by atoms with E-state index in [1.54, 1.807) is 18.2 Å². The smallest absolute Gasteiger partial charge is 0.251 e. The van der Waals surface area contributed by atoms with Gasteiger partial charge in [-0.2, -0.15) is 0 Å². The van der Waals surface area contributed by atoms with E-state index in [0.29, 0.717) is 36.7 Å². The van der Waals surface area contributed by atoms with Gasteiger partial charge >= 0.3 is 0 Å². The second-order valence-electron chi connectivity index (χ2n) is 7.00. The molecule has 1 amide bonds. The maximum atomic E-state index is 12.4. The standard InChI is InChI=1S/C18H27N3O3S.ClH/c1-14-12-16(21-10-3-11-25(21,23)24)5-6-17(14)18(22)20-9-7-15-4-2-8-19-13-15;/h5-6,12,15,19H,2-4,7-11,13H2,1H3,(H,20,22);1H. The molecule has 1 unspecified atom stereocenters. The van der Waals surface area contributed by atoms with Gasteiger partial charge in [-0.15, -0.1) is 12.4 Å². The summed E-state index contributed by atoms with van der Waals surface area (Å²) in [5.74, 6) is 0.750.